The largest absolute Gasteiger partial charge is 0.469 e. The summed E-state index contributed by atoms with van der Waals surface area (Å²) in [6.07, 6.45) is 0.0621. The quantitative estimate of drug-likeness (QED) is 0.845. The predicted octanol–water partition coefficient (Wildman–Crippen LogP) is 1.20. The molecule has 0 aliphatic carbocycles. The normalized spacial score (nSPS) is 13.8. The van der Waals surface area contributed by atoms with E-state index >= 15 is 0 Å². The average molecular weight is 291 g/mol. The molecule has 7 nitrogen and oxygen atoms in total. The lowest BCUT2D eigenvalue weighted by Gasteiger charge is -2.26. The maximum Gasteiger partial charge on any atom is 0.332 e. The first kappa shape index (κ1) is 14.8. The van der Waals surface area contributed by atoms with Gasteiger partial charge >= 0.3 is 18.0 Å². The van der Waals surface area contributed by atoms with E-state index in [0.717, 1.165) is 4.90 Å². The van der Waals surface area contributed by atoms with E-state index in [0.29, 0.717) is 18.8 Å². The van der Waals surface area contributed by atoms with Gasteiger partial charge in [0.2, 0.25) is 0 Å². The lowest BCUT2D eigenvalue weighted by molar-refractivity contribution is -0.140. The van der Waals surface area contributed by atoms with Gasteiger partial charge in [0, 0.05) is 25.3 Å². The van der Waals surface area contributed by atoms with Crippen LogP contribution in [0.4, 0.5) is 15.3 Å². The summed E-state index contributed by atoms with van der Waals surface area (Å²) in [6, 6.07) is 8.05. The Hall–Kier alpha value is -2.57. The Balaban J connectivity index is 2.17. The predicted molar refractivity (Wildman–Crippen MR) is 75.9 cm³/mol. The molecule has 1 aliphatic rings. The molecule has 1 saturated heterocycles. The van der Waals surface area contributed by atoms with Crippen molar-refractivity contribution >= 4 is 23.7 Å². The van der Waals surface area contributed by atoms with E-state index < -0.39 is 18.0 Å². The highest BCUT2D eigenvalue weighted by Crippen LogP contribution is 2.17. The van der Waals surface area contributed by atoms with Crippen LogP contribution in [0.2, 0.25) is 0 Å². The number of nitrogens with zero attached hydrogens (tertiary/aromatic N) is 2. The summed E-state index contributed by atoms with van der Waals surface area (Å²) < 4.78 is 4.59. The molecular weight excluding hydrogens is 274 g/mol. The molecule has 0 radical (unpaired) electrons. The van der Waals surface area contributed by atoms with E-state index in [2.05, 4.69) is 10.1 Å². The van der Waals surface area contributed by atoms with Crippen LogP contribution < -0.4 is 10.2 Å². The summed E-state index contributed by atoms with van der Waals surface area (Å²) in [4.78, 5) is 38.0. The van der Waals surface area contributed by atoms with Crippen molar-refractivity contribution in [1.29, 1.82) is 0 Å². The third-order valence-electron chi connectivity index (χ3n) is 3.15. The van der Waals surface area contributed by atoms with E-state index in [1.54, 1.807) is 24.3 Å². The van der Waals surface area contributed by atoms with E-state index in [9.17, 15) is 14.4 Å². The highest BCUT2D eigenvalue weighted by atomic mass is 16.5. The second kappa shape index (κ2) is 6.74. The van der Waals surface area contributed by atoms with Gasteiger partial charge in [0.15, 0.2) is 0 Å². The number of methoxy groups -OCH3 is 1. The van der Waals surface area contributed by atoms with Crippen LogP contribution in [0, 0.1) is 0 Å². The molecule has 2 rings (SSSR count). The third kappa shape index (κ3) is 3.50. The minimum Gasteiger partial charge on any atom is -0.469 e. The van der Waals surface area contributed by atoms with Crippen LogP contribution in [-0.2, 0) is 9.53 Å². The number of hydrogen-bond acceptors (Lipinski definition) is 4. The number of hydrogen-bond donors (Lipinski definition) is 1. The van der Waals surface area contributed by atoms with E-state index in [1.807, 2.05) is 6.07 Å². The first-order valence-electron chi connectivity index (χ1n) is 6.62. The van der Waals surface area contributed by atoms with Crippen molar-refractivity contribution in [3.05, 3.63) is 30.3 Å². The summed E-state index contributed by atoms with van der Waals surface area (Å²) in [5.41, 5.74) is 0.631. The fourth-order valence-corrected chi connectivity index (χ4v) is 2.05. The Kier molecular flexibility index (Phi) is 4.76. The minimum absolute atomic E-state index is 0.0621. The van der Waals surface area contributed by atoms with Crippen LogP contribution in [-0.4, -0.2) is 49.7 Å². The van der Waals surface area contributed by atoms with Gasteiger partial charge in [-0.2, -0.15) is 0 Å². The Labute approximate surface area is 122 Å². The minimum atomic E-state index is -0.444. The molecule has 1 aromatic carbocycles. The van der Waals surface area contributed by atoms with Crippen molar-refractivity contribution in [3.8, 4) is 0 Å². The van der Waals surface area contributed by atoms with Gasteiger partial charge in [-0.05, 0) is 12.1 Å². The lowest BCUT2D eigenvalue weighted by Crippen LogP contribution is -2.45. The highest BCUT2D eigenvalue weighted by molar-refractivity contribution is 6.03. The SMILES string of the molecule is COC(=O)CCN(C(=O)N1CCNC1=O)c1ccccc1. The van der Waals surface area contributed by atoms with Crippen LogP contribution >= 0.6 is 0 Å². The van der Waals surface area contributed by atoms with Crippen molar-refractivity contribution in [3.63, 3.8) is 0 Å². The number of benzene rings is 1. The number of rotatable bonds is 4. The molecule has 7 heteroatoms. The maximum atomic E-state index is 12.5. The zero-order valence-electron chi connectivity index (χ0n) is 11.7. The smallest absolute Gasteiger partial charge is 0.332 e. The lowest BCUT2D eigenvalue weighted by atomic mass is 10.2. The van der Waals surface area contributed by atoms with Crippen LogP contribution in [0.1, 0.15) is 6.42 Å². The first-order valence-corrected chi connectivity index (χ1v) is 6.62. The second-order valence-corrected chi connectivity index (χ2v) is 4.48. The Bertz CT molecular complexity index is 532. The number of carbonyl (C=O) groups is 3. The number of para-hydroxylation sites is 1. The Morgan fingerprint density at radius 1 is 1.33 bits per heavy atom. The van der Waals surface area contributed by atoms with Crippen molar-refractivity contribution in [2.75, 3.05) is 31.6 Å². The van der Waals surface area contributed by atoms with Crippen molar-refractivity contribution in [2.24, 2.45) is 0 Å². The average Bonchev–Trinajstić information content (AvgIpc) is 2.94. The monoisotopic (exact) mass is 291 g/mol. The number of anilines is 1. The molecule has 0 bridgehead atoms. The molecule has 1 aromatic rings. The molecule has 21 heavy (non-hydrogen) atoms. The highest BCUT2D eigenvalue weighted by Gasteiger charge is 2.31. The molecule has 112 valence electrons. The van der Waals surface area contributed by atoms with Crippen molar-refractivity contribution < 1.29 is 19.1 Å². The van der Waals surface area contributed by atoms with E-state index in [1.165, 1.54) is 12.0 Å². The number of esters is 1. The fourth-order valence-electron chi connectivity index (χ4n) is 2.05. The molecule has 0 spiro atoms. The molecule has 1 aliphatic heterocycles. The standard InChI is InChI=1S/C14H17N3O4/c1-21-12(18)7-9-16(11-5-3-2-4-6-11)14(20)17-10-8-15-13(17)19/h2-6H,7-10H2,1H3,(H,15,19). The third-order valence-corrected chi connectivity index (χ3v) is 3.15. The zero-order valence-corrected chi connectivity index (χ0v) is 11.7. The summed E-state index contributed by atoms with van der Waals surface area (Å²) in [5, 5.41) is 2.58. The summed E-state index contributed by atoms with van der Waals surface area (Å²) in [6.45, 7) is 0.905. The number of amides is 4. The molecule has 0 atom stereocenters. The number of carbonyl (C=O) groups excluding carboxylic acids is 3. The molecule has 0 aromatic heterocycles. The topological polar surface area (TPSA) is 79.0 Å². The van der Waals surface area contributed by atoms with Crippen molar-refractivity contribution in [2.45, 2.75) is 6.42 Å². The van der Waals surface area contributed by atoms with Gasteiger partial charge in [0.25, 0.3) is 0 Å². The van der Waals surface area contributed by atoms with Crippen LogP contribution in [0.15, 0.2) is 30.3 Å². The second-order valence-electron chi connectivity index (χ2n) is 4.48. The summed E-state index contributed by atoms with van der Waals surface area (Å²) in [5.74, 6) is -0.408. The zero-order chi connectivity index (χ0) is 15.2. The van der Waals surface area contributed by atoms with Gasteiger partial charge in [-0.25, -0.2) is 14.5 Å². The van der Waals surface area contributed by atoms with E-state index in [4.69, 9.17) is 0 Å². The number of urea groups is 2. The molecule has 4 amide bonds. The molecule has 0 unspecified atom stereocenters. The van der Waals surface area contributed by atoms with Gasteiger partial charge in [0.05, 0.1) is 13.5 Å². The van der Waals surface area contributed by atoms with Crippen molar-refractivity contribution in [1.82, 2.24) is 10.2 Å². The van der Waals surface area contributed by atoms with Crippen LogP contribution in [0.25, 0.3) is 0 Å². The summed E-state index contributed by atoms with van der Waals surface area (Å²) in [7, 11) is 1.30. The molecule has 0 saturated carbocycles. The van der Waals surface area contributed by atoms with Gasteiger partial charge in [-0.3, -0.25) is 9.69 Å². The number of imide groups is 1. The van der Waals surface area contributed by atoms with Gasteiger partial charge < -0.3 is 10.1 Å². The van der Waals surface area contributed by atoms with Gasteiger partial charge in [0.1, 0.15) is 0 Å². The van der Waals surface area contributed by atoms with Gasteiger partial charge in [-0.15, -0.1) is 0 Å². The Morgan fingerprint density at radius 2 is 2.05 bits per heavy atom. The number of ether oxygens (including phenoxy) is 1. The molecule has 1 N–H and O–H groups in total. The van der Waals surface area contributed by atoms with E-state index in [-0.39, 0.29) is 13.0 Å². The molecule has 1 heterocycles. The maximum absolute atomic E-state index is 12.5. The Morgan fingerprint density at radius 3 is 2.62 bits per heavy atom. The number of nitrogens with one attached hydrogen (secondary N) is 1. The summed E-state index contributed by atoms with van der Waals surface area (Å²) >= 11 is 0. The molecule has 1 fully saturated rings. The van der Waals surface area contributed by atoms with Crippen LogP contribution in [0.5, 0.6) is 0 Å². The molecular formula is C14H17N3O4. The fraction of sp³-hybridized carbons (Fsp3) is 0.357. The van der Waals surface area contributed by atoms with Crippen LogP contribution in [0.3, 0.4) is 0 Å². The van der Waals surface area contributed by atoms with Gasteiger partial charge in [-0.1, -0.05) is 18.2 Å². The first-order chi connectivity index (χ1) is 10.1.